The molecule has 0 fully saturated rings. The van der Waals surface area contributed by atoms with Gasteiger partial charge in [0.1, 0.15) is 5.84 Å². The SMILES string of the molecule is CCCN(CCC)C(=O)C1=Cc2ccc(C(=O)Nc3cnc4c(c3)CCC(NC(=O)O)C4)cc2N=C(N)C1. The van der Waals surface area contributed by atoms with E-state index in [1.165, 1.54) is 0 Å². The number of nitrogens with two attached hydrogens (primary N) is 1. The van der Waals surface area contributed by atoms with E-state index in [4.69, 9.17) is 10.8 Å². The third kappa shape index (κ3) is 6.37. The maximum Gasteiger partial charge on any atom is 0.404 e. The molecule has 0 saturated heterocycles. The molecule has 2 heterocycles. The lowest BCUT2D eigenvalue weighted by atomic mass is 9.92. The van der Waals surface area contributed by atoms with Crippen LogP contribution in [-0.2, 0) is 17.6 Å². The van der Waals surface area contributed by atoms with Crippen molar-refractivity contribution in [3.05, 3.63) is 58.4 Å². The molecule has 0 saturated carbocycles. The van der Waals surface area contributed by atoms with E-state index in [9.17, 15) is 14.4 Å². The minimum absolute atomic E-state index is 0.0357. The molecule has 1 aliphatic carbocycles. The van der Waals surface area contributed by atoms with Gasteiger partial charge >= 0.3 is 6.09 Å². The fraction of sp³-hybridized carbons (Fsp3) is 0.393. The zero-order valence-corrected chi connectivity index (χ0v) is 21.8. The first-order valence-corrected chi connectivity index (χ1v) is 13.0. The Labute approximate surface area is 222 Å². The predicted octanol–water partition coefficient (Wildman–Crippen LogP) is 3.88. The lowest BCUT2D eigenvalue weighted by Crippen LogP contribution is -2.38. The molecule has 0 bridgehead atoms. The molecule has 1 aromatic heterocycles. The van der Waals surface area contributed by atoms with Gasteiger partial charge < -0.3 is 26.4 Å². The molecule has 38 heavy (non-hydrogen) atoms. The van der Waals surface area contributed by atoms with Crippen LogP contribution >= 0.6 is 0 Å². The Bertz CT molecular complexity index is 1300. The van der Waals surface area contributed by atoms with Gasteiger partial charge in [-0.15, -0.1) is 0 Å². The van der Waals surface area contributed by atoms with Gasteiger partial charge in [-0.2, -0.15) is 0 Å². The summed E-state index contributed by atoms with van der Waals surface area (Å²) in [6, 6.07) is 6.88. The number of fused-ring (bicyclic) bond motifs is 2. The molecule has 200 valence electrons. The highest BCUT2D eigenvalue weighted by Gasteiger charge is 2.23. The second-order valence-electron chi connectivity index (χ2n) is 9.69. The topological polar surface area (TPSA) is 150 Å². The maximum atomic E-state index is 13.2. The fourth-order valence-corrected chi connectivity index (χ4v) is 4.90. The Kier molecular flexibility index (Phi) is 8.40. The first-order chi connectivity index (χ1) is 18.3. The molecule has 1 atom stereocenters. The molecule has 2 aromatic rings. The maximum absolute atomic E-state index is 13.2. The summed E-state index contributed by atoms with van der Waals surface area (Å²) >= 11 is 0. The Morgan fingerprint density at radius 3 is 2.63 bits per heavy atom. The number of anilines is 1. The summed E-state index contributed by atoms with van der Waals surface area (Å²) in [6.45, 7) is 5.46. The van der Waals surface area contributed by atoms with Crippen LogP contribution in [0.15, 0.2) is 41.0 Å². The van der Waals surface area contributed by atoms with E-state index in [0.717, 1.165) is 29.7 Å². The summed E-state index contributed by atoms with van der Waals surface area (Å²) < 4.78 is 0. The van der Waals surface area contributed by atoms with Crippen molar-refractivity contribution in [2.75, 3.05) is 18.4 Å². The number of pyridine rings is 1. The molecule has 2 aliphatic rings. The fourth-order valence-electron chi connectivity index (χ4n) is 4.90. The monoisotopic (exact) mass is 518 g/mol. The number of nitrogens with zero attached hydrogens (tertiary/aromatic N) is 3. The Morgan fingerprint density at radius 1 is 1.16 bits per heavy atom. The molecular weight excluding hydrogens is 484 g/mol. The van der Waals surface area contributed by atoms with Gasteiger partial charge in [-0.05, 0) is 55.5 Å². The number of aryl methyl sites for hydroxylation is 1. The van der Waals surface area contributed by atoms with Crippen LogP contribution < -0.4 is 16.4 Å². The largest absolute Gasteiger partial charge is 0.465 e. The lowest BCUT2D eigenvalue weighted by Gasteiger charge is -2.24. The van der Waals surface area contributed by atoms with Gasteiger partial charge in [0.15, 0.2) is 0 Å². The van der Waals surface area contributed by atoms with E-state index in [1.54, 1.807) is 24.4 Å². The second-order valence-corrected chi connectivity index (χ2v) is 9.69. The smallest absolute Gasteiger partial charge is 0.404 e. The Morgan fingerprint density at radius 2 is 1.92 bits per heavy atom. The standard InChI is InChI=1S/C28H34N6O4/c1-3-9-34(10-4-2)27(36)20-11-17-5-6-19(13-24(17)33-25(29)14-20)26(35)31-22-12-18-7-8-21(32-28(37)38)15-23(18)30-16-22/h5-6,11-13,16,21,32H,3-4,7-10,14-15H2,1-2H3,(H2,29,33)(H,31,35)(H,37,38). The van der Waals surface area contributed by atoms with Crippen LogP contribution in [0.1, 0.15) is 66.7 Å². The summed E-state index contributed by atoms with van der Waals surface area (Å²) in [5.74, 6) is -0.0268. The van der Waals surface area contributed by atoms with Crippen LogP contribution in [0.2, 0.25) is 0 Å². The number of carbonyl (C=O) groups excluding carboxylic acids is 2. The van der Waals surface area contributed by atoms with Gasteiger partial charge in [-0.1, -0.05) is 19.9 Å². The molecule has 4 rings (SSSR count). The van der Waals surface area contributed by atoms with Crippen LogP contribution in [-0.4, -0.2) is 57.9 Å². The second kappa shape index (κ2) is 11.9. The number of nitrogens with one attached hydrogen (secondary N) is 2. The first-order valence-electron chi connectivity index (χ1n) is 13.0. The minimum atomic E-state index is -1.04. The Hall–Kier alpha value is -4.21. The highest BCUT2D eigenvalue weighted by molar-refractivity contribution is 6.07. The third-order valence-electron chi connectivity index (χ3n) is 6.65. The van der Waals surface area contributed by atoms with Gasteiger partial charge in [0, 0.05) is 54.4 Å². The Balaban J connectivity index is 1.50. The van der Waals surface area contributed by atoms with Crippen molar-refractivity contribution in [2.24, 2.45) is 10.7 Å². The van der Waals surface area contributed by atoms with Gasteiger partial charge in [0.25, 0.3) is 5.91 Å². The predicted molar refractivity (Wildman–Crippen MR) is 147 cm³/mol. The molecule has 1 aliphatic heterocycles. The summed E-state index contributed by atoms with van der Waals surface area (Å²) in [4.78, 5) is 47.9. The van der Waals surface area contributed by atoms with E-state index < -0.39 is 6.09 Å². The van der Waals surface area contributed by atoms with E-state index >= 15 is 0 Å². The van der Waals surface area contributed by atoms with Gasteiger partial charge in [0.2, 0.25) is 5.91 Å². The lowest BCUT2D eigenvalue weighted by molar-refractivity contribution is -0.127. The van der Waals surface area contributed by atoms with Crippen molar-refractivity contribution in [1.82, 2.24) is 15.2 Å². The zero-order chi connectivity index (χ0) is 27.2. The summed E-state index contributed by atoms with van der Waals surface area (Å²) in [5.41, 5.74) is 10.8. The normalized spacial score (nSPS) is 16.2. The number of amidine groups is 1. The van der Waals surface area contributed by atoms with Gasteiger partial charge in [-0.25, -0.2) is 9.79 Å². The van der Waals surface area contributed by atoms with Crippen molar-refractivity contribution < 1.29 is 19.5 Å². The van der Waals surface area contributed by atoms with Crippen LogP contribution in [0, 0.1) is 0 Å². The van der Waals surface area contributed by atoms with Crippen LogP contribution in [0.4, 0.5) is 16.2 Å². The molecule has 10 nitrogen and oxygen atoms in total. The molecule has 1 unspecified atom stereocenters. The summed E-state index contributed by atoms with van der Waals surface area (Å²) in [7, 11) is 0. The van der Waals surface area contributed by atoms with Crippen molar-refractivity contribution in [3.8, 4) is 0 Å². The highest BCUT2D eigenvalue weighted by Crippen LogP contribution is 2.29. The molecular formula is C28H34N6O4. The molecule has 10 heteroatoms. The quantitative estimate of drug-likeness (QED) is 0.416. The molecule has 0 radical (unpaired) electrons. The van der Waals surface area contributed by atoms with E-state index in [2.05, 4.69) is 20.6 Å². The van der Waals surface area contributed by atoms with Crippen molar-refractivity contribution in [2.45, 2.75) is 58.4 Å². The molecule has 3 amide bonds. The first kappa shape index (κ1) is 26.8. The van der Waals surface area contributed by atoms with E-state index in [-0.39, 0.29) is 24.3 Å². The van der Waals surface area contributed by atoms with Crippen molar-refractivity contribution in [3.63, 3.8) is 0 Å². The average molecular weight is 519 g/mol. The zero-order valence-electron chi connectivity index (χ0n) is 21.8. The average Bonchev–Trinajstić information content (AvgIpc) is 3.05. The third-order valence-corrected chi connectivity index (χ3v) is 6.65. The number of amides is 3. The minimum Gasteiger partial charge on any atom is -0.465 e. The summed E-state index contributed by atoms with van der Waals surface area (Å²) in [6.07, 6.45) is 6.23. The number of carbonyl (C=O) groups is 3. The van der Waals surface area contributed by atoms with Crippen molar-refractivity contribution in [1.29, 1.82) is 0 Å². The molecule has 1 aromatic carbocycles. The number of hydrogen-bond acceptors (Lipinski definition) is 6. The number of rotatable bonds is 8. The number of hydrogen-bond donors (Lipinski definition) is 4. The number of aromatic nitrogens is 1. The number of aliphatic imine (C=N–C) groups is 1. The van der Waals surface area contributed by atoms with E-state index in [1.807, 2.05) is 30.9 Å². The van der Waals surface area contributed by atoms with E-state index in [0.29, 0.717) is 60.7 Å². The van der Waals surface area contributed by atoms with Crippen LogP contribution in [0.5, 0.6) is 0 Å². The van der Waals surface area contributed by atoms with Crippen molar-refractivity contribution >= 4 is 41.2 Å². The number of benzene rings is 1. The van der Waals surface area contributed by atoms with Gasteiger partial charge in [-0.3, -0.25) is 14.6 Å². The highest BCUT2D eigenvalue weighted by atomic mass is 16.4. The van der Waals surface area contributed by atoms with Crippen LogP contribution in [0.3, 0.4) is 0 Å². The number of carboxylic acid groups (broad SMARTS) is 1. The summed E-state index contributed by atoms with van der Waals surface area (Å²) in [5, 5.41) is 14.4. The molecule has 0 spiro atoms. The molecule has 5 N–H and O–H groups in total. The van der Waals surface area contributed by atoms with Gasteiger partial charge in [0.05, 0.1) is 17.6 Å². The van der Waals surface area contributed by atoms with Crippen LogP contribution in [0.25, 0.3) is 6.08 Å².